The van der Waals surface area contributed by atoms with Crippen LogP contribution in [0.5, 0.6) is 0 Å². The van der Waals surface area contributed by atoms with Crippen molar-refractivity contribution in [1.82, 2.24) is 0 Å². The number of hydrogen-bond acceptors (Lipinski definition) is 4. The van der Waals surface area contributed by atoms with E-state index in [1.54, 1.807) is 0 Å². The Morgan fingerprint density at radius 1 is 1.23 bits per heavy atom. The molecule has 0 spiro atoms. The average Bonchev–Trinajstić information content (AvgIpc) is 2.66. The van der Waals surface area contributed by atoms with Crippen LogP contribution in [0, 0.1) is 6.92 Å². The zero-order valence-electron chi connectivity index (χ0n) is 13.9. The molecule has 1 heterocycles. The Labute approximate surface area is 138 Å². The van der Waals surface area contributed by atoms with Gasteiger partial charge in [0.15, 0.2) is 0 Å². The molecule has 1 fully saturated rings. The smallest absolute Gasteiger partial charge is 0.399 e. The molecule has 22 heavy (non-hydrogen) atoms. The fourth-order valence-corrected chi connectivity index (χ4v) is 2.35. The Kier molecular flexibility index (Phi) is 5.12. The van der Waals surface area contributed by atoms with Crippen molar-refractivity contribution in [3.05, 3.63) is 23.8 Å². The van der Waals surface area contributed by atoms with E-state index < -0.39 is 6.10 Å². The molecule has 4 nitrogen and oxygen atoms in total. The van der Waals surface area contributed by atoms with Gasteiger partial charge in [-0.2, -0.15) is 0 Å². The fourth-order valence-electron chi connectivity index (χ4n) is 2.24. The predicted octanol–water partition coefficient (Wildman–Crippen LogP) is 2.31. The third kappa shape index (κ3) is 3.59. The van der Waals surface area contributed by atoms with Crippen molar-refractivity contribution in [1.29, 1.82) is 0 Å². The van der Waals surface area contributed by atoms with Gasteiger partial charge in [-0.1, -0.05) is 12.1 Å². The summed E-state index contributed by atoms with van der Waals surface area (Å²) in [6.45, 7) is 10.6. The summed E-state index contributed by atoms with van der Waals surface area (Å²) in [5.74, 6) is 0.211. The average molecular weight is 326 g/mol. The first-order valence-corrected chi connectivity index (χ1v) is 8.14. The lowest BCUT2D eigenvalue weighted by Gasteiger charge is -2.32. The highest BCUT2D eigenvalue weighted by Gasteiger charge is 2.51. The van der Waals surface area contributed by atoms with Gasteiger partial charge in [0, 0.05) is 12.2 Å². The van der Waals surface area contributed by atoms with Crippen LogP contribution in [0.2, 0.25) is 0 Å². The van der Waals surface area contributed by atoms with Gasteiger partial charge in [0.25, 0.3) is 0 Å². The van der Waals surface area contributed by atoms with Crippen molar-refractivity contribution in [3.63, 3.8) is 0 Å². The SMILES string of the molecule is Cc1ccc(B2OC(C)(C)C(C)(C)O2)cc1NCC(O)CCl. The molecule has 1 aliphatic heterocycles. The highest BCUT2D eigenvalue weighted by Crippen LogP contribution is 2.36. The van der Waals surface area contributed by atoms with Gasteiger partial charge < -0.3 is 19.7 Å². The monoisotopic (exact) mass is 325 g/mol. The molecule has 0 aliphatic carbocycles. The van der Waals surface area contributed by atoms with E-state index in [0.717, 1.165) is 16.7 Å². The first-order chi connectivity index (χ1) is 10.2. The highest BCUT2D eigenvalue weighted by atomic mass is 35.5. The number of aliphatic hydroxyl groups is 1. The lowest BCUT2D eigenvalue weighted by molar-refractivity contribution is 0.00578. The number of anilines is 1. The third-order valence-corrected chi connectivity index (χ3v) is 4.85. The van der Waals surface area contributed by atoms with Gasteiger partial charge in [0.2, 0.25) is 0 Å². The molecule has 0 saturated carbocycles. The van der Waals surface area contributed by atoms with Crippen LogP contribution in [0.3, 0.4) is 0 Å². The summed E-state index contributed by atoms with van der Waals surface area (Å²) in [7, 11) is -0.385. The summed E-state index contributed by atoms with van der Waals surface area (Å²) in [5.41, 5.74) is 2.31. The van der Waals surface area contributed by atoms with Crippen molar-refractivity contribution in [3.8, 4) is 0 Å². The minimum absolute atomic E-state index is 0.211. The molecule has 1 aromatic carbocycles. The second kappa shape index (κ2) is 6.40. The molecule has 1 aromatic rings. The Hall–Kier alpha value is -0.745. The van der Waals surface area contributed by atoms with Gasteiger partial charge in [-0.25, -0.2) is 0 Å². The minimum atomic E-state index is -0.568. The molecule has 0 radical (unpaired) electrons. The van der Waals surface area contributed by atoms with Gasteiger partial charge in [0.1, 0.15) is 0 Å². The first-order valence-electron chi connectivity index (χ1n) is 7.60. The van der Waals surface area contributed by atoms with E-state index in [1.165, 1.54) is 0 Å². The van der Waals surface area contributed by atoms with Gasteiger partial charge >= 0.3 is 7.12 Å². The Balaban J connectivity index is 2.16. The maximum atomic E-state index is 9.58. The number of halogens is 1. The lowest BCUT2D eigenvalue weighted by Crippen LogP contribution is -2.41. The minimum Gasteiger partial charge on any atom is -0.399 e. The number of hydrogen-bond donors (Lipinski definition) is 2. The van der Waals surface area contributed by atoms with Gasteiger partial charge in [-0.05, 0) is 51.7 Å². The van der Waals surface area contributed by atoms with Crippen molar-refractivity contribution in [2.45, 2.75) is 51.9 Å². The maximum absolute atomic E-state index is 9.58. The first kappa shape index (κ1) is 17.6. The van der Waals surface area contributed by atoms with E-state index in [0.29, 0.717) is 6.54 Å². The normalized spacial score (nSPS) is 21.0. The number of aryl methyl sites for hydroxylation is 1. The van der Waals surface area contributed by atoms with Crippen LogP contribution in [-0.4, -0.2) is 42.0 Å². The van der Waals surface area contributed by atoms with Crippen LogP contribution in [0.15, 0.2) is 18.2 Å². The molecular formula is C16H25BClNO3. The van der Waals surface area contributed by atoms with Crippen molar-refractivity contribution in [2.24, 2.45) is 0 Å². The zero-order valence-corrected chi connectivity index (χ0v) is 14.7. The van der Waals surface area contributed by atoms with Crippen molar-refractivity contribution >= 4 is 29.9 Å². The second-order valence-corrected chi connectivity index (χ2v) is 7.16. The number of rotatable bonds is 5. The molecule has 0 aromatic heterocycles. The molecule has 1 saturated heterocycles. The second-order valence-electron chi connectivity index (χ2n) is 6.85. The molecule has 0 amide bonds. The van der Waals surface area contributed by atoms with Crippen LogP contribution in [0.4, 0.5) is 5.69 Å². The van der Waals surface area contributed by atoms with Crippen molar-refractivity contribution in [2.75, 3.05) is 17.7 Å². The van der Waals surface area contributed by atoms with Gasteiger partial charge in [-0.15, -0.1) is 11.6 Å². The number of aliphatic hydroxyl groups excluding tert-OH is 1. The summed E-state index contributed by atoms with van der Waals surface area (Å²) in [6.07, 6.45) is -0.568. The molecule has 122 valence electrons. The predicted molar refractivity (Wildman–Crippen MR) is 92.1 cm³/mol. The van der Waals surface area contributed by atoms with E-state index >= 15 is 0 Å². The molecule has 1 atom stereocenters. The summed E-state index contributed by atoms with van der Waals surface area (Å²) in [6, 6.07) is 6.05. The van der Waals surface area contributed by atoms with Crippen LogP contribution in [-0.2, 0) is 9.31 Å². The number of benzene rings is 1. The standard InChI is InChI=1S/C16H25BClNO3/c1-11-6-7-12(8-14(11)19-10-13(20)9-18)17-21-15(2,3)16(4,5)22-17/h6-8,13,19-20H,9-10H2,1-5H3. The fraction of sp³-hybridized carbons (Fsp3) is 0.625. The Morgan fingerprint density at radius 2 is 1.82 bits per heavy atom. The third-order valence-electron chi connectivity index (χ3n) is 4.49. The molecule has 1 unspecified atom stereocenters. The zero-order chi connectivity index (χ0) is 16.5. The van der Waals surface area contributed by atoms with Gasteiger partial charge in [0.05, 0.1) is 23.2 Å². The van der Waals surface area contributed by atoms with E-state index in [4.69, 9.17) is 20.9 Å². The van der Waals surface area contributed by atoms with E-state index in [-0.39, 0.29) is 24.2 Å². The molecule has 2 rings (SSSR count). The molecular weight excluding hydrogens is 300 g/mol. The molecule has 6 heteroatoms. The summed E-state index contributed by atoms with van der Waals surface area (Å²) in [4.78, 5) is 0. The lowest BCUT2D eigenvalue weighted by atomic mass is 9.78. The maximum Gasteiger partial charge on any atom is 0.494 e. The summed E-state index contributed by atoms with van der Waals surface area (Å²) >= 11 is 5.63. The highest BCUT2D eigenvalue weighted by molar-refractivity contribution is 6.62. The Morgan fingerprint density at radius 3 is 2.36 bits per heavy atom. The molecule has 0 bridgehead atoms. The largest absolute Gasteiger partial charge is 0.494 e. The van der Waals surface area contributed by atoms with Crippen LogP contribution >= 0.6 is 11.6 Å². The van der Waals surface area contributed by atoms with Crippen LogP contribution < -0.4 is 10.8 Å². The van der Waals surface area contributed by atoms with Crippen LogP contribution in [0.25, 0.3) is 0 Å². The van der Waals surface area contributed by atoms with E-state index in [1.807, 2.05) is 52.8 Å². The molecule has 2 N–H and O–H groups in total. The molecule has 1 aliphatic rings. The topological polar surface area (TPSA) is 50.7 Å². The summed E-state index contributed by atoms with van der Waals surface area (Å²) in [5, 5.41) is 12.8. The van der Waals surface area contributed by atoms with Crippen LogP contribution in [0.1, 0.15) is 33.3 Å². The summed E-state index contributed by atoms with van der Waals surface area (Å²) < 4.78 is 12.1. The van der Waals surface area contributed by atoms with E-state index in [9.17, 15) is 5.11 Å². The van der Waals surface area contributed by atoms with Gasteiger partial charge in [-0.3, -0.25) is 0 Å². The Bertz CT molecular complexity index is 520. The van der Waals surface area contributed by atoms with Crippen molar-refractivity contribution < 1.29 is 14.4 Å². The number of nitrogens with one attached hydrogen (secondary N) is 1. The quantitative estimate of drug-likeness (QED) is 0.644. The van der Waals surface area contributed by atoms with E-state index in [2.05, 4.69) is 5.32 Å². The number of alkyl halides is 1.